The lowest BCUT2D eigenvalue weighted by molar-refractivity contribution is -0.123. The van der Waals surface area contributed by atoms with Crippen molar-refractivity contribution in [3.63, 3.8) is 0 Å². The van der Waals surface area contributed by atoms with E-state index >= 15 is 0 Å². The largest absolute Gasteiger partial charge is 0.352 e. The van der Waals surface area contributed by atoms with Gasteiger partial charge in [-0.25, -0.2) is 8.42 Å². The van der Waals surface area contributed by atoms with Gasteiger partial charge in [-0.3, -0.25) is 4.79 Å². The van der Waals surface area contributed by atoms with Gasteiger partial charge in [0.05, 0.1) is 17.4 Å². The van der Waals surface area contributed by atoms with Crippen LogP contribution in [0.5, 0.6) is 0 Å². The maximum atomic E-state index is 12.2. The normalized spacial score (nSPS) is 34.6. The number of carbonyl (C=O) groups is 1. The Bertz CT molecular complexity index is 523. The molecule has 0 aromatic heterocycles. The highest BCUT2D eigenvalue weighted by atomic mass is 35.5. The van der Waals surface area contributed by atoms with Crippen molar-refractivity contribution in [1.82, 2.24) is 5.32 Å². The Balaban J connectivity index is 1.97. The predicted molar refractivity (Wildman–Crippen MR) is 75.8 cm³/mol. The van der Waals surface area contributed by atoms with E-state index in [1.165, 1.54) is 0 Å². The second-order valence-corrected chi connectivity index (χ2v) is 9.13. The molecule has 1 saturated carbocycles. The lowest BCUT2D eigenvalue weighted by Gasteiger charge is -2.11. The van der Waals surface area contributed by atoms with E-state index in [1.54, 1.807) is 6.08 Å². The second kappa shape index (κ2) is 4.93. The first-order chi connectivity index (χ1) is 8.63. The molecule has 4 nitrogen and oxygen atoms in total. The van der Waals surface area contributed by atoms with Gasteiger partial charge in [-0.15, -0.1) is 0 Å². The summed E-state index contributed by atoms with van der Waals surface area (Å²) in [5.41, 5.74) is -0.184. The fraction of sp³-hybridized carbons (Fsp3) is 0.750. The average Bonchev–Trinajstić information content (AvgIpc) is 2.59. The number of carbonyl (C=O) groups excluding carboxylic acids is 1. The van der Waals surface area contributed by atoms with Crippen LogP contribution in [0.25, 0.3) is 0 Å². The Labute approximate surface area is 123 Å². The summed E-state index contributed by atoms with van der Waals surface area (Å²) in [6.07, 6.45) is 2.18. The van der Waals surface area contributed by atoms with E-state index in [4.69, 9.17) is 23.2 Å². The molecule has 0 spiro atoms. The molecule has 1 aliphatic heterocycles. The van der Waals surface area contributed by atoms with E-state index in [0.717, 1.165) is 0 Å². The zero-order valence-corrected chi connectivity index (χ0v) is 13.1. The molecular formula is C12H17Cl2NO3S. The smallest absolute Gasteiger partial charge is 0.224 e. The number of amides is 1. The SMILES string of the molecule is CC1(C)[C@H](C(=O)N[C@@H]2CCS(=O)(=O)C2)[C@@H]1C=C(Cl)Cl. The predicted octanol–water partition coefficient (Wildman–Crippen LogP) is 1.88. The molecule has 1 saturated heterocycles. The minimum Gasteiger partial charge on any atom is -0.352 e. The molecule has 2 fully saturated rings. The number of hydrogen-bond acceptors (Lipinski definition) is 3. The zero-order valence-electron chi connectivity index (χ0n) is 10.8. The van der Waals surface area contributed by atoms with Gasteiger partial charge >= 0.3 is 0 Å². The minimum atomic E-state index is -2.98. The Hall–Kier alpha value is -0.260. The molecule has 0 unspecified atom stereocenters. The van der Waals surface area contributed by atoms with Crippen LogP contribution >= 0.6 is 23.2 Å². The van der Waals surface area contributed by atoms with Gasteiger partial charge < -0.3 is 5.32 Å². The Morgan fingerprint density at radius 2 is 2.00 bits per heavy atom. The molecule has 1 heterocycles. The van der Waals surface area contributed by atoms with Crippen LogP contribution in [0.3, 0.4) is 0 Å². The van der Waals surface area contributed by atoms with Crippen LogP contribution in [0.15, 0.2) is 10.6 Å². The number of hydrogen-bond donors (Lipinski definition) is 1. The third-order valence-electron chi connectivity index (χ3n) is 4.08. The summed E-state index contributed by atoms with van der Waals surface area (Å²) in [6, 6.07) is -0.259. The van der Waals surface area contributed by atoms with Crippen LogP contribution in [-0.2, 0) is 14.6 Å². The lowest BCUT2D eigenvalue weighted by Crippen LogP contribution is -2.37. The Kier molecular flexibility index (Phi) is 3.93. The first kappa shape index (κ1) is 15.1. The molecule has 0 bridgehead atoms. The molecule has 2 aliphatic rings. The molecule has 7 heteroatoms. The van der Waals surface area contributed by atoms with Gasteiger partial charge in [0.2, 0.25) is 5.91 Å². The van der Waals surface area contributed by atoms with Crippen LogP contribution in [0, 0.1) is 17.3 Å². The first-order valence-electron chi connectivity index (χ1n) is 6.17. The van der Waals surface area contributed by atoms with Crippen LogP contribution in [-0.4, -0.2) is 31.9 Å². The highest BCUT2D eigenvalue weighted by molar-refractivity contribution is 7.91. The summed E-state index contributed by atoms with van der Waals surface area (Å²) in [5, 5.41) is 2.82. The van der Waals surface area contributed by atoms with Crippen LogP contribution < -0.4 is 5.32 Å². The van der Waals surface area contributed by atoms with Crippen molar-refractivity contribution >= 4 is 38.9 Å². The molecular weight excluding hydrogens is 309 g/mol. The van der Waals surface area contributed by atoms with Crippen molar-refractivity contribution in [2.75, 3.05) is 11.5 Å². The van der Waals surface area contributed by atoms with Gasteiger partial charge in [0.1, 0.15) is 4.49 Å². The molecule has 0 aromatic rings. The van der Waals surface area contributed by atoms with Crippen molar-refractivity contribution in [3.8, 4) is 0 Å². The molecule has 2 rings (SSSR count). The molecule has 1 N–H and O–H groups in total. The van der Waals surface area contributed by atoms with Gasteiger partial charge in [0, 0.05) is 6.04 Å². The summed E-state index contributed by atoms with van der Waals surface area (Å²) >= 11 is 11.3. The molecule has 1 aliphatic carbocycles. The fourth-order valence-electron chi connectivity index (χ4n) is 2.83. The summed E-state index contributed by atoms with van der Waals surface area (Å²) in [4.78, 5) is 12.2. The number of halogens is 2. The third kappa shape index (κ3) is 3.26. The molecule has 0 radical (unpaired) electrons. The molecule has 3 atom stereocenters. The van der Waals surface area contributed by atoms with Gasteiger partial charge in [0.25, 0.3) is 0 Å². The lowest BCUT2D eigenvalue weighted by atomic mass is 10.1. The van der Waals surface area contributed by atoms with Gasteiger partial charge in [-0.1, -0.05) is 37.0 Å². The molecule has 108 valence electrons. The fourth-order valence-corrected chi connectivity index (χ4v) is 4.77. The standard InChI is InChI=1S/C12H17Cl2NO3S/c1-12(2)8(5-9(13)14)10(12)11(16)15-7-3-4-19(17,18)6-7/h5,7-8,10H,3-4,6H2,1-2H3,(H,15,16)/t7-,8+,10+/m1/s1. The Morgan fingerprint density at radius 3 is 2.47 bits per heavy atom. The molecule has 0 aromatic carbocycles. The third-order valence-corrected chi connectivity index (χ3v) is 6.10. The average molecular weight is 326 g/mol. The monoisotopic (exact) mass is 325 g/mol. The highest BCUT2D eigenvalue weighted by Crippen LogP contribution is 2.59. The summed E-state index contributed by atoms with van der Waals surface area (Å²) in [7, 11) is -2.98. The van der Waals surface area contributed by atoms with E-state index in [9.17, 15) is 13.2 Å². The first-order valence-corrected chi connectivity index (χ1v) is 8.75. The van der Waals surface area contributed by atoms with Gasteiger partial charge in [0.15, 0.2) is 9.84 Å². The van der Waals surface area contributed by atoms with Crippen molar-refractivity contribution in [3.05, 3.63) is 10.6 Å². The van der Waals surface area contributed by atoms with Crippen molar-refractivity contribution < 1.29 is 13.2 Å². The van der Waals surface area contributed by atoms with E-state index in [1.807, 2.05) is 13.8 Å². The number of rotatable bonds is 3. The zero-order chi connectivity index (χ0) is 14.4. The topological polar surface area (TPSA) is 63.2 Å². The number of sulfone groups is 1. The van der Waals surface area contributed by atoms with E-state index < -0.39 is 9.84 Å². The molecule has 1 amide bonds. The highest BCUT2D eigenvalue weighted by Gasteiger charge is 2.60. The van der Waals surface area contributed by atoms with E-state index in [0.29, 0.717) is 6.42 Å². The van der Waals surface area contributed by atoms with Crippen LogP contribution in [0.4, 0.5) is 0 Å². The minimum absolute atomic E-state index is 0.00973. The molecule has 19 heavy (non-hydrogen) atoms. The second-order valence-electron chi connectivity index (χ2n) is 5.89. The van der Waals surface area contributed by atoms with Crippen molar-refractivity contribution in [2.45, 2.75) is 26.3 Å². The van der Waals surface area contributed by atoms with Crippen LogP contribution in [0.1, 0.15) is 20.3 Å². The summed E-state index contributed by atoms with van der Waals surface area (Å²) in [6.45, 7) is 3.95. The maximum absolute atomic E-state index is 12.2. The van der Waals surface area contributed by atoms with E-state index in [-0.39, 0.29) is 45.2 Å². The number of nitrogens with one attached hydrogen (secondary N) is 1. The van der Waals surface area contributed by atoms with E-state index in [2.05, 4.69) is 5.32 Å². The Morgan fingerprint density at radius 1 is 1.37 bits per heavy atom. The maximum Gasteiger partial charge on any atom is 0.224 e. The van der Waals surface area contributed by atoms with Crippen molar-refractivity contribution in [1.29, 1.82) is 0 Å². The summed E-state index contributed by atoms with van der Waals surface area (Å²) in [5.74, 6) is -0.0901. The van der Waals surface area contributed by atoms with Gasteiger partial charge in [-0.2, -0.15) is 0 Å². The van der Waals surface area contributed by atoms with Crippen LogP contribution in [0.2, 0.25) is 0 Å². The quantitative estimate of drug-likeness (QED) is 0.861. The number of allylic oxidation sites excluding steroid dienone is 1. The van der Waals surface area contributed by atoms with Crippen molar-refractivity contribution in [2.24, 2.45) is 17.3 Å². The van der Waals surface area contributed by atoms with Gasteiger partial charge in [-0.05, 0) is 23.8 Å². The summed E-state index contributed by atoms with van der Waals surface area (Å²) < 4.78 is 22.9.